The van der Waals surface area contributed by atoms with Crippen LogP contribution in [0.1, 0.15) is 30.6 Å². The molecule has 6 heteroatoms. The molecule has 1 heterocycles. The predicted octanol–water partition coefficient (Wildman–Crippen LogP) is 1.76. The van der Waals surface area contributed by atoms with E-state index in [1.165, 1.54) is 6.07 Å². The summed E-state index contributed by atoms with van der Waals surface area (Å²) in [4.78, 5) is 38.0. The normalized spacial score (nSPS) is 12.3. The number of carboxylic acids is 1. The molecule has 6 nitrogen and oxygen atoms in total. The van der Waals surface area contributed by atoms with Crippen molar-refractivity contribution in [2.45, 2.75) is 26.3 Å². The molecule has 3 N–H and O–H groups in total. The minimum Gasteiger partial charge on any atom is -0.480 e. The van der Waals surface area contributed by atoms with Gasteiger partial charge < -0.3 is 15.4 Å². The number of hydrogen-bond donors (Lipinski definition) is 3. The van der Waals surface area contributed by atoms with Crippen molar-refractivity contribution in [2.24, 2.45) is 5.92 Å². The summed E-state index contributed by atoms with van der Waals surface area (Å²) < 4.78 is 0. The number of rotatable bonds is 5. The lowest BCUT2D eigenvalue weighted by atomic mass is 10.0. The minimum atomic E-state index is -1.11. The first-order valence-corrected chi connectivity index (χ1v) is 7.04. The van der Waals surface area contributed by atoms with E-state index in [-0.39, 0.29) is 11.5 Å². The minimum absolute atomic E-state index is 0.0892. The van der Waals surface area contributed by atoms with Crippen LogP contribution in [0.25, 0.3) is 10.9 Å². The molecule has 0 bridgehead atoms. The van der Waals surface area contributed by atoms with Gasteiger partial charge in [0, 0.05) is 5.52 Å². The Kier molecular flexibility index (Phi) is 4.60. The Morgan fingerprint density at radius 2 is 1.95 bits per heavy atom. The number of aromatic nitrogens is 1. The lowest BCUT2D eigenvalue weighted by Gasteiger charge is -2.16. The summed E-state index contributed by atoms with van der Waals surface area (Å²) in [5, 5.41) is 12.3. The van der Waals surface area contributed by atoms with E-state index in [0.717, 1.165) is 0 Å². The van der Waals surface area contributed by atoms with E-state index in [4.69, 9.17) is 5.11 Å². The largest absolute Gasteiger partial charge is 0.480 e. The van der Waals surface area contributed by atoms with E-state index in [2.05, 4.69) is 10.3 Å². The fourth-order valence-electron chi connectivity index (χ4n) is 2.24. The van der Waals surface area contributed by atoms with Gasteiger partial charge in [0.05, 0.1) is 0 Å². The average molecular weight is 302 g/mol. The SMILES string of the molecule is CC(C)C[C@H](NC(=O)c1cc2ccccc2[nH]c1=O)C(=O)O. The van der Waals surface area contributed by atoms with Crippen LogP contribution < -0.4 is 10.9 Å². The Balaban J connectivity index is 2.30. The second-order valence-corrected chi connectivity index (χ2v) is 5.59. The number of H-pyrrole nitrogens is 1. The van der Waals surface area contributed by atoms with Gasteiger partial charge in [-0.2, -0.15) is 0 Å². The number of carbonyl (C=O) groups excluding carboxylic acids is 1. The third kappa shape index (κ3) is 3.52. The van der Waals surface area contributed by atoms with Crippen molar-refractivity contribution in [3.8, 4) is 0 Å². The summed E-state index contributed by atoms with van der Waals surface area (Å²) in [6.07, 6.45) is 0.298. The van der Waals surface area contributed by atoms with Crippen molar-refractivity contribution < 1.29 is 14.7 Å². The third-order valence-electron chi connectivity index (χ3n) is 3.31. The Hall–Kier alpha value is -2.63. The van der Waals surface area contributed by atoms with Crippen LogP contribution in [-0.2, 0) is 4.79 Å². The second kappa shape index (κ2) is 6.43. The summed E-state index contributed by atoms with van der Waals surface area (Å²) in [6, 6.07) is 7.53. The summed E-state index contributed by atoms with van der Waals surface area (Å²) in [5.74, 6) is -1.68. The molecule has 116 valence electrons. The van der Waals surface area contributed by atoms with E-state index >= 15 is 0 Å². The van der Waals surface area contributed by atoms with Crippen LogP contribution in [0.15, 0.2) is 35.1 Å². The summed E-state index contributed by atoms with van der Waals surface area (Å²) >= 11 is 0. The standard InChI is InChI=1S/C16H18N2O4/c1-9(2)7-13(16(21)22)18-15(20)11-8-10-5-3-4-6-12(10)17-14(11)19/h3-6,8-9,13H,7H2,1-2H3,(H,17,19)(H,18,20)(H,21,22)/t13-/m0/s1. The van der Waals surface area contributed by atoms with Crippen molar-refractivity contribution in [3.05, 3.63) is 46.2 Å². The zero-order valence-corrected chi connectivity index (χ0v) is 12.4. The first-order chi connectivity index (χ1) is 10.4. The molecule has 1 aromatic carbocycles. The van der Waals surface area contributed by atoms with E-state index in [1.54, 1.807) is 24.3 Å². The summed E-state index contributed by atoms with van der Waals surface area (Å²) in [5.41, 5.74) is -0.000364. The Bertz CT molecular complexity index is 764. The van der Waals surface area contributed by atoms with E-state index < -0.39 is 23.5 Å². The Morgan fingerprint density at radius 3 is 2.59 bits per heavy atom. The molecule has 1 amide bonds. The number of benzene rings is 1. The number of carboxylic acid groups (broad SMARTS) is 1. The maximum absolute atomic E-state index is 12.2. The number of carbonyl (C=O) groups is 2. The molecule has 0 aliphatic carbocycles. The first kappa shape index (κ1) is 15.8. The molecular formula is C16H18N2O4. The molecule has 0 aliphatic rings. The van der Waals surface area contributed by atoms with Crippen LogP contribution in [0.4, 0.5) is 0 Å². The zero-order valence-electron chi connectivity index (χ0n) is 12.4. The lowest BCUT2D eigenvalue weighted by Crippen LogP contribution is -2.43. The second-order valence-electron chi connectivity index (χ2n) is 5.59. The van der Waals surface area contributed by atoms with E-state index in [9.17, 15) is 14.4 Å². The van der Waals surface area contributed by atoms with E-state index in [1.807, 2.05) is 13.8 Å². The number of hydrogen-bond acceptors (Lipinski definition) is 3. The van der Waals surface area contributed by atoms with Crippen LogP contribution in [0, 0.1) is 5.92 Å². The van der Waals surface area contributed by atoms with E-state index in [0.29, 0.717) is 17.3 Å². The number of nitrogens with one attached hydrogen (secondary N) is 2. The van der Waals surface area contributed by atoms with Gasteiger partial charge in [0.1, 0.15) is 11.6 Å². The van der Waals surface area contributed by atoms with Crippen molar-refractivity contribution in [3.63, 3.8) is 0 Å². The number of para-hydroxylation sites is 1. The van der Waals surface area contributed by atoms with Crippen LogP contribution in [0.5, 0.6) is 0 Å². The van der Waals surface area contributed by atoms with Crippen molar-refractivity contribution in [2.75, 3.05) is 0 Å². The topological polar surface area (TPSA) is 99.3 Å². The maximum atomic E-state index is 12.2. The van der Waals surface area contributed by atoms with Gasteiger partial charge in [-0.1, -0.05) is 32.0 Å². The first-order valence-electron chi connectivity index (χ1n) is 7.04. The molecule has 2 rings (SSSR count). The van der Waals surface area contributed by atoms with Crippen molar-refractivity contribution >= 4 is 22.8 Å². The molecule has 22 heavy (non-hydrogen) atoms. The molecule has 0 saturated carbocycles. The van der Waals surface area contributed by atoms with Crippen molar-refractivity contribution in [1.29, 1.82) is 0 Å². The van der Waals surface area contributed by atoms with Gasteiger partial charge in [-0.15, -0.1) is 0 Å². The molecule has 0 spiro atoms. The van der Waals surface area contributed by atoms with Gasteiger partial charge in [-0.25, -0.2) is 4.79 Å². The highest BCUT2D eigenvalue weighted by atomic mass is 16.4. The molecule has 0 unspecified atom stereocenters. The number of aromatic amines is 1. The fourth-order valence-corrected chi connectivity index (χ4v) is 2.24. The highest BCUT2D eigenvalue weighted by molar-refractivity contribution is 5.98. The molecule has 1 atom stereocenters. The maximum Gasteiger partial charge on any atom is 0.326 e. The van der Waals surface area contributed by atoms with Gasteiger partial charge in [-0.3, -0.25) is 9.59 Å². The Morgan fingerprint density at radius 1 is 1.27 bits per heavy atom. The Labute approximate surface area is 127 Å². The number of pyridine rings is 1. The van der Waals surface area contributed by atoms with Gasteiger partial charge in [0.2, 0.25) is 0 Å². The van der Waals surface area contributed by atoms with Gasteiger partial charge in [-0.05, 0) is 29.9 Å². The molecule has 1 aromatic heterocycles. The molecule has 0 radical (unpaired) electrons. The highest BCUT2D eigenvalue weighted by Crippen LogP contribution is 2.11. The molecule has 0 fully saturated rings. The average Bonchev–Trinajstić information content (AvgIpc) is 2.45. The molecule has 2 aromatic rings. The molecule has 0 aliphatic heterocycles. The van der Waals surface area contributed by atoms with Crippen molar-refractivity contribution in [1.82, 2.24) is 10.3 Å². The number of fused-ring (bicyclic) bond motifs is 1. The summed E-state index contributed by atoms with van der Waals surface area (Å²) in [6.45, 7) is 3.73. The lowest BCUT2D eigenvalue weighted by molar-refractivity contribution is -0.139. The summed E-state index contributed by atoms with van der Waals surface area (Å²) in [7, 11) is 0. The van der Waals surface area contributed by atoms with Crippen LogP contribution in [0.3, 0.4) is 0 Å². The third-order valence-corrected chi connectivity index (χ3v) is 3.31. The number of amides is 1. The zero-order chi connectivity index (χ0) is 16.3. The molecule has 0 saturated heterocycles. The predicted molar refractivity (Wildman–Crippen MR) is 82.9 cm³/mol. The van der Waals surface area contributed by atoms with Crippen LogP contribution in [0.2, 0.25) is 0 Å². The van der Waals surface area contributed by atoms with Gasteiger partial charge in [0.15, 0.2) is 0 Å². The van der Waals surface area contributed by atoms with Gasteiger partial charge >= 0.3 is 5.97 Å². The monoisotopic (exact) mass is 302 g/mol. The fraction of sp³-hybridized carbons (Fsp3) is 0.312. The van der Waals surface area contributed by atoms with Crippen LogP contribution in [-0.4, -0.2) is 28.0 Å². The smallest absolute Gasteiger partial charge is 0.326 e. The molecular weight excluding hydrogens is 284 g/mol. The quantitative estimate of drug-likeness (QED) is 0.783. The van der Waals surface area contributed by atoms with Gasteiger partial charge in [0.25, 0.3) is 11.5 Å². The van der Waals surface area contributed by atoms with Crippen LogP contribution >= 0.6 is 0 Å². The highest BCUT2D eigenvalue weighted by Gasteiger charge is 2.23. The number of aliphatic carboxylic acids is 1.